The van der Waals surface area contributed by atoms with Crippen LogP contribution in [-0.2, 0) is 4.79 Å². The summed E-state index contributed by atoms with van der Waals surface area (Å²) in [6, 6.07) is 1.69. The van der Waals surface area contributed by atoms with Crippen LogP contribution in [0.5, 0.6) is 0 Å². The zero-order valence-electron chi connectivity index (χ0n) is 10.5. The molecule has 0 aliphatic heterocycles. The number of aromatic nitrogens is 2. The Morgan fingerprint density at radius 3 is 2.76 bits per heavy atom. The van der Waals surface area contributed by atoms with Gasteiger partial charge in [-0.1, -0.05) is 6.92 Å². The Morgan fingerprint density at radius 2 is 2.24 bits per heavy atom. The van der Waals surface area contributed by atoms with Crippen molar-refractivity contribution < 1.29 is 4.79 Å². The highest BCUT2D eigenvalue weighted by molar-refractivity contribution is 5.80. The van der Waals surface area contributed by atoms with E-state index in [1.54, 1.807) is 20.0 Å². The van der Waals surface area contributed by atoms with E-state index < -0.39 is 0 Å². The maximum absolute atomic E-state index is 11.4. The molecule has 6 heteroatoms. The molecule has 0 saturated carbocycles. The highest BCUT2D eigenvalue weighted by Crippen LogP contribution is 2.14. The summed E-state index contributed by atoms with van der Waals surface area (Å²) in [6.45, 7) is 4.86. The zero-order chi connectivity index (χ0) is 12.8. The predicted octanol–water partition coefficient (Wildman–Crippen LogP) is 0.330. The van der Waals surface area contributed by atoms with E-state index in [1.165, 1.54) is 0 Å². The van der Waals surface area contributed by atoms with Gasteiger partial charge in [0.05, 0.1) is 6.54 Å². The summed E-state index contributed by atoms with van der Waals surface area (Å²) in [7, 11) is 1.62. The first-order valence-corrected chi connectivity index (χ1v) is 5.63. The number of nitrogens with one attached hydrogen (secondary N) is 1. The second-order valence-corrected chi connectivity index (χ2v) is 3.79. The van der Waals surface area contributed by atoms with Crippen molar-refractivity contribution in [2.45, 2.75) is 20.3 Å². The van der Waals surface area contributed by atoms with E-state index in [9.17, 15) is 4.79 Å². The minimum Gasteiger partial charge on any atom is -0.384 e. The smallest absolute Gasteiger partial charge is 0.239 e. The molecule has 0 aliphatic carbocycles. The number of aryl methyl sites for hydroxylation is 1. The average molecular weight is 237 g/mol. The molecule has 6 nitrogen and oxygen atoms in total. The third kappa shape index (κ3) is 3.90. The quantitative estimate of drug-likeness (QED) is 0.771. The van der Waals surface area contributed by atoms with E-state index in [0.717, 1.165) is 13.0 Å². The molecule has 0 atom stereocenters. The van der Waals surface area contributed by atoms with Crippen molar-refractivity contribution in [3.63, 3.8) is 0 Å². The first-order chi connectivity index (χ1) is 8.06. The Balaban J connectivity index is 2.91. The normalized spacial score (nSPS) is 10.1. The molecule has 1 heterocycles. The summed E-state index contributed by atoms with van der Waals surface area (Å²) >= 11 is 0. The fourth-order valence-corrected chi connectivity index (χ4v) is 1.53. The molecule has 0 aromatic carbocycles. The molecule has 1 rings (SSSR count). The van der Waals surface area contributed by atoms with Crippen molar-refractivity contribution in [1.29, 1.82) is 0 Å². The summed E-state index contributed by atoms with van der Waals surface area (Å²) in [5.74, 6) is 1.68. The number of anilines is 2. The van der Waals surface area contributed by atoms with Gasteiger partial charge in [0.25, 0.3) is 0 Å². The standard InChI is InChI=1S/C11H19N5O/c1-4-5-16(7-11(17)13-3)10-6-9(12)14-8(2)15-10/h6H,4-5,7H2,1-3H3,(H,13,17)(H2,12,14,15). The maximum atomic E-state index is 11.4. The molecule has 0 fully saturated rings. The number of hydrogen-bond donors (Lipinski definition) is 2. The van der Waals surface area contributed by atoms with Crippen LogP contribution in [0.3, 0.4) is 0 Å². The molecule has 3 N–H and O–H groups in total. The van der Waals surface area contributed by atoms with E-state index in [2.05, 4.69) is 15.3 Å². The number of nitrogen functional groups attached to an aromatic ring is 1. The van der Waals surface area contributed by atoms with Crippen LogP contribution in [0.15, 0.2) is 6.07 Å². The molecule has 0 unspecified atom stereocenters. The first kappa shape index (κ1) is 13.2. The molecule has 0 radical (unpaired) electrons. The Bertz CT molecular complexity index is 373. The number of likely N-dealkylation sites (N-methyl/N-ethyl adjacent to an activating group) is 1. The summed E-state index contributed by atoms with van der Waals surface area (Å²) in [4.78, 5) is 21.6. The summed E-state index contributed by atoms with van der Waals surface area (Å²) in [6.07, 6.45) is 0.931. The lowest BCUT2D eigenvalue weighted by Crippen LogP contribution is -2.36. The second-order valence-electron chi connectivity index (χ2n) is 3.79. The van der Waals surface area contributed by atoms with Crippen molar-refractivity contribution in [1.82, 2.24) is 15.3 Å². The molecule has 0 spiro atoms. The topological polar surface area (TPSA) is 84.1 Å². The van der Waals surface area contributed by atoms with Gasteiger partial charge in [0.1, 0.15) is 17.5 Å². The number of nitrogens with zero attached hydrogens (tertiary/aromatic N) is 3. The second kappa shape index (κ2) is 6.03. The van der Waals surface area contributed by atoms with Gasteiger partial charge in [-0.15, -0.1) is 0 Å². The number of carbonyl (C=O) groups excluding carboxylic acids is 1. The van der Waals surface area contributed by atoms with Gasteiger partial charge in [-0.2, -0.15) is 0 Å². The van der Waals surface area contributed by atoms with Crippen LogP contribution in [0, 0.1) is 6.92 Å². The largest absolute Gasteiger partial charge is 0.384 e. The van der Waals surface area contributed by atoms with E-state index in [4.69, 9.17) is 5.73 Å². The molecule has 0 aliphatic rings. The Hall–Kier alpha value is -1.85. The molecule has 94 valence electrons. The minimum atomic E-state index is -0.0479. The molecule has 1 aromatic heterocycles. The fourth-order valence-electron chi connectivity index (χ4n) is 1.53. The fraction of sp³-hybridized carbons (Fsp3) is 0.545. The number of amides is 1. The van der Waals surface area contributed by atoms with E-state index in [1.807, 2.05) is 11.8 Å². The number of rotatable bonds is 5. The van der Waals surface area contributed by atoms with Gasteiger partial charge in [-0.05, 0) is 13.3 Å². The molecule has 0 saturated heterocycles. The number of carbonyl (C=O) groups is 1. The minimum absolute atomic E-state index is 0.0479. The van der Waals surface area contributed by atoms with Crippen molar-refractivity contribution in [3.8, 4) is 0 Å². The van der Waals surface area contributed by atoms with Crippen LogP contribution >= 0.6 is 0 Å². The lowest BCUT2D eigenvalue weighted by atomic mass is 10.3. The summed E-state index contributed by atoms with van der Waals surface area (Å²) < 4.78 is 0. The van der Waals surface area contributed by atoms with Crippen LogP contribution < -0.4 is 16.0 Å². The Kier molecular flexibility index (Phi) is 4.68. The van der Waals surface area contributed by atoms with E-state index in [-0.39, 0.29) is 12.5 Å². The number of nitrogens with two attached hydrogens (primary N) is 1. The highest BCUT2D eigenvalue weighted by Gasteiger charge is 2.12. The molecule has 1 amide bonds. The van der Waals surface area contributed by atoms with Crippen LogP contribution in [0.2, 0.25) is 0 Å². The predicted molar refractivity (Wildman–Crippen MR) is 67.8 cm³/mol. The first-order valence-electron chi connectivity index (χ1n) is 5.63. The monoisotopic (exact) mass is 237 g/mol. The van der Waals surface area contributed by atoms with Crippen molar-refractivity contribution >= 4 is 17.5 Å². The lowest BCUT2D eigenvalue weighted by molar-refractivity contribution is -0.119. The van der Waals surface area contributed by atoms with Crippen molar-refractivity contribution in [2.75, 3.05) is 30.8 Å². The maximum Gasteiger partial charge on any atom is 0.239 e. The SMILES string of the molecule is CCCN(CC(=O)NC)c1cc(N)nc(C)n1. The lowest BCUT2D eigenvalue weighted by Gasteiger charge is -2.22. The van der Waals surface area contributed by atoms with Crippen molar-refractivity contribution in [2.24, 2.45) is 0 Å². The summed E-state index contributed by atoms with van der Waals surface area (Å²) in [5.41, 5.74) is 5.68. The summed E-state index contributed by atoms with van der Waals surface area (Å²) in [5, 5.41) is 2.60. The number of hydrogen-bond acceptors (Lipinski definition) is 5. The van der Waals surface area contributed by atoms with Gasteiger partial charge in [0, 0.05) is 19.7 Å². The van der Waals surface area contributed by atoms with Gasteiger partial charge in [-0.25, -0.2) is 9.97 Å². The van der Waals surface area contributed by atoms with Gasteiger partial charge < -0.3 is 16.0 Å². The van der Waals surface area contributed by atoms with Crippen LogP contribution in [-0.4, -0.2) is 36.0 Å². The van der Waals surface area contributed by atoms with Gasteiger partial charge in [-0.3, -0.25) is 4.79 Å². The van der Waals surface area contributed by atoms with Crippen LogP contribution in [0.25, 0.3) is 0 Å². The molecule has 1 aromatic rings. The highest BCUT2D eigenvalue weighted by atomic mass is 16.1. The molecule has 17 heavy (non-hydrogen) atoms. The third-order valence-electron chi connectivity index (χ3n) is 2.28. The van der Waals surface area contributed by atoms with E-state index in [0.29, 0.717) is 17.5 Å². The molecule has 0 bridgehead atoms. The Morgan fingerprint density at radius 1 is 1.53 bits per heavy atom. The Labute approximate surface area is 101 Å². The van der Waals surface area contributed by atoms with Gasteiger partial charge in [0.2, 0.25) is 5.91 Å². The zero-order valence-corrected chi connectivity index (χ0v) is 10.5. The van der Waals surface area contributed by atoms with E-state index >= 15 is 0 Å². The van der Waals surface area contributed by atoms with Crippen molar-refractivity contribution in [3.05, 3.63) is 11.9 Å². The van der Waals surface area contributed by atoms with Crippen LogP contribution in [0.4, 0.5) is 11.6 Å². The molecular formula is C11H19N5O. The average Bonchev–Trinajstić information content (AvgIpc) is 2.27. The third-order valence-corrected chi connectivity index (χ3v) is 2.28. The van der Waals surface area contributed by atoms with Gasteiger partial charge in [0.15, 0.2) is 0 Å². The molecular weight excluding hydrogens is 218 g/mol. The van der Waals surface area contributed by atoms with Gasteiger partial charge >= 0.3 is 0 Å². The van der Waals surface area contributed by atoms with Crippen LogP contribution in [0.1, 0.15) is 19.2 Å².